The van der Waals surface area contributed by atoms with Crippen molar-refractivity contribution in [1.82, 2.24) is 15.0 Å². The molecule has 2 unspecified atom stereocenters. The lowest BCUT2D eigenvalue weighted by atomic mass is 10.0. The Labute approximate surface area is 142 Å². The molecule has 0 amide bonds. The van der Waals surface area contributed by atoms with Crippen LogP contribution in [0.3, 0.4) is 0 Å². The summed E-state index contributed by atoms with van der Waals surface area (Å²) < 4.78 is 5.42. The normalized spacial score (nSPS) is 22.9. The van der Waals surface area contributed by atoms with Crippen molar-refractivity contribution >= 4 is 0 Å². The highest BCUT2D eigenvalue weighted by atomic mass is 16.5. The number of hydrogen-bond donors (Lipinski definition) is 1. The molecule has 1 aromatic heterocycles. The van der Waals surface area contributed by atoms with Gasteiger partial charge < -0.3 is 9.63 Å². The lowest BCUT2D eigenvalue weighted by Crippen LogP contribution is -2.29. The van der Waals surface area contributed by atoms with Crippen LogP contribution < -0.4 is 0 Å². The van der Waals surface area contributed by atoms with Gasteiger partial charge in [-0.15, -0.1) is 0 Å². The maximum atomic E-state index is 10.7. The van der Waals surface area contributed by atoms with E-state index >= 15 is 0 Å². The summed E-state index contributed by atoms with van der Waals surface area (Å²) >= 11 is 0. The zero-order valence-electron chi connectivity index (χ0n) is 14.4. The van der Waals surface area contributed by atoms with Crippen molar-refractivity contribution < 1.29 is 9.63 Å². The van der Waals surface area contributed by atoms with Gasteiger partial charge in [0.15, 0.2) is 5.82 Å². The maximum absolute atomic E-state index is 10.7. The highest BCUT2D eigenvalue weighted by Crippen LogP contribution is 2.40. The molecule has 1 saturated heterocycles. The van der Waals surface area contributed by atoms with Gasteiger partial charge >= 0.3 is 0 Å². The van der Waals surface area contributed by atoms with Crippen molar-refractivity contribution in [2.75, 3.05) is 13.1 Å². The van der Waals surface area contributed by atoms with Gasteiger partial charge in [0.2, 0.25) is 5.89 Å². The molecule has 2 atom stereocenters. The smallest absolute Gasteiger partial charge is 0.229 e. The van der Waals surface area contributed by atoms with E-state index in [1.54, 1.807) is 0 Å². The van der Waals surface area contributed by atoms with Crippen LogP contribution in [0.4, 0.5) is 0 Å². The van der Waals surface area contributed by atoms with Gasteiger partial charge in [-0.25, -0.2) is 0 Å². The van der Waals surface area contributed by atoms with Crippen LogP contribution in [-0.2, 0) is 0 Å². The van der Waals surface area contributed by atoms with Crippen LogP contribution in [0.2, 0.25) is 0 Å². The molecule has 1 aromatic carbocycles. The van der Waals surface area contributed by atoms with E-state index in [4.69, 9.17) is 4.52 Å². The van der Waals surface area contributed by atoms with E-state index in [0.717, 1.165) is 36.7 Å². The number of aromatic nitrogens is 2. The molecule has 0 spiro atoms. The molecule has 24 heavy (non-hydrogen) atoms. The second kappa shape index (κ2) is 6.30. The van der Waals surface area contributed by atoms with E-state index in [2.05, 4.69) is 41.0 Å². The first-order chi connectivity index (χ1) is 11.6. The fourth-order valence-electron chi connectivity index (χ4n) is 3.52. The van der Waals surface area contributed by atoms with Gasteiger partial charge in [0, 0.05) is 12.5 Å². The average molecular weight is 327 g/mol. The van der Waals surface area contributed by atoms with E-state index in [1.165, 1.54) is 24.0 Å². The first kappa shape index (κ1) is 15.8. The van der Waals surface area contributed by atoms with Gasteiger partial charge in [0.1, 0.15) is 0 Å². The highest BCUT2D eigenvalue weighted by molar-refractivity contribution is 5.31. The van der Waals surface area contributed by atoms with Crippen LogP contribution in [-0.4, -0.2) is 33.2 Å². The minimum Gasteiger partial charge on any atom is -0.387 e. The first-order valence-corrected chi connectivity index (χ1v) is 8.94. The molecule has 1 saturated carbocycles. The van der Waals surface area contributed by atoms with Gasteiger partial charge in [-0.2, -0.15) is 4.98 Å². The van der Waals surface area contributed by atoms with Crippen molar-refractivity contribution in [3.05, 3.63) is 46.6 Å². The quantitative estimate of drug-likeness (QED) is 0.911. The number of β-amino-alcohol motifs (C(OH)–C–C–N with tert-alkyl or cyclic N) is 1. The Bertz CT molecular complexity index is 723. The number of aliphatic hydroxyl groups excluding tert-OH is 1. The van der Waals surface area contributed by atoms with Crippen LogP contribution in [0.15, 0.2) is 22.7 Å². The van der Waals surface area contributed by atoms with Crippen molar-refractivity contribution in [2.45, 2.75) is 57.6 Å². The molecule has 2 aliphatic rings. The number of nitrogens with zero attached hydrogens (tertiary/aromatic N) is 3. The minimum absolute atomic E-state index is 0.169. The lowest BCUT2D eigenvalue weighted by Gasteiger charge is -2.25. The van der Waals surface area contributed by atoms with Crippen molar-refractivity contribution in [3.8, 4) is 0 Å². The van der Waals surface area contributed by atoms with E-state index in [9.17, 15) is 5.11 Å². The van der Waals surface area contributed by atoms with Crippen LogP contribution >= 0.6 is 0 Å². The van der Waals surface area contributed by atoms with Crippen LogP contribution in [0.1, 0.15) is 72.2 Å². The largest absolute Gasteiger partial charge is 0.387 e. The van der Waals surface area contributed by atoms with Crippen molar-refractivity contribution in [1.29, 1.82) is 0 Å². The third kappa shape index (κ3) is 3.10. The monoisotopic (exact) mass is 327 g/mol. The van der Waals surface area contributed by atoms with Crippen LogP contribution in [0.5, 0.6) is 0 Å². The fraction of sp³-hybridized carbons (Fsp3) is 0.579. The zero-order chi connectivity index (χ0) is 16.7. The number of hydrogen-bond acceptors (Lipinski definition) is 5. The van der Waals surface area contributed by atoms with Gasteiger partial charge in [-0.05, 0) is 62.8 Å². The summed E-state index contributed by atoms with van der Waals surface area (Å²) in [6.45, 7) is 5.76. The number of likely N-dealkylation sites (tertiary alicyclic amines) is 1. The molecule has 4 rings (SSSR count). The Hall–Kier alpha value is -1.72. The third-order valence-corrected chi connectivity index (χ3v) is 5.37. The van der Waals surface area contributed by atoms with Gasteiger partial charge in [0.25, 0.3) is 0 Å². The SMILES string of the molecule is Cc1ccc(C(O)CN2CCCC2c2noc(C3CC3)n2)cc1C. The minimum atomic E-state index is -0.486. The Kier molecular flexibility index (Phi) is 4.14. The molecule has 2 aromatic rings. The summed E-state index contributed by atoms with van der Waals surface area (Å²) in [6.07, 6.45) is 3.99. The van der Waals surface area contributed by atoms with Crippen molar-refractivity contribution in [3.63, 3.8) is 0 Å². The predicted octanol–water partition coefficient (Wildman–Crippen LogP) is 3.43. The number of benzene rings is 1. The van der Waals surface area contributed by atoms with Gasteiger partial charge in [-0.3, -0.25) is 4.90 Å². The molecule has 2 heterocycles. The fourth-order valence-corrected chi connectivity index (χ4v) is 3.52. The van der Waals surface area contributed by atoms with Gasteiger partial charge in [-0.1, -0.05) is 23.4 Å². The summed E-state index contributed by atoms with van der Waals surface area (Å²) in [5, 5.41) is 14.9. The van der Waals surface area contributed by atoms with E-state index in [1.807, 2.05) is 6.07 Å². The molecule has 5 nitrogen and oxygen atoms in total. The van der Waals surface area contributed by atoms with Crippen LogP contribution in [0, 0.1) is 13.8 Å². The summed E-state index contributed by atoms with van der Waals surface area (Å²) in [7, 11) is 0. The Morgan fingerprint density at radius 2 is 2.08 bits per heavy atom. The molecule has 0 radical (unpaired) electrons. The first-order valence-electron chi connectivity index (χ1n) is 8.94. The average Bonchev–Trinajstić information content (AvgIpc) is 3.12. The van der Waals surface area contributed by atoms with Crippen LogP contribution in [0.25, 0.3) is 0 Å². The molecule has 1 aliphatic carbocycles. The topological polar surface area (TPSA) is 62.4 Å². The second-order valence-electron chi connectivity index (χ2n) is 7.28. The Balaban J connectivity index is 1.46. The number of aliphatic hydroxyl groups is 1. The molecule has 1 N–H and O–H groups in total. The zero-order valence-corrected chi connectivity index (χ0v) is 14.4. The Morgan fingerprint density at radius 3 is 2.83 bits per heavy atom. The summed E-state index contributed by atoms with van der Waals surface area (Å²) in [5.41, 5.74) is 3.46. The second-order valence-corrected chi connectivity index (χ2v) is 7.28. The standard InChI is InChI=1S/C19H25N3O2/c1-12-5-6-15(10-13(12)2)17(23)11-22-9-3-4-16(22)18-20-19(24-21-18)14-7-8-14/h5-6,10,14,16-17,23H,3-4,7-9,11H2,1-2H3. The molecule has 1 aliphatic heterocycles. The summed E-state index contributed by atoms with van der Waals surface area (Å²) in [6, 6.07) is 6.36. The van der Waals surface area contributed by atoms with E-state index in [-0.39, 0.29) is 6.04 Å². The predicted molar refractivity (Wildman–Crippen MR) is 90.7 cm³/mol. The third-order valence-electron chi connectivity index (χ3n) is 5.37. The van der Waals surface area contributed by atoms with Crippen molar-refractivity contribution in [2.24, 2.45) is 0 Å². The van der Waals surface area contributed by atoms with E-state index < -0.39 is 6.10 Å². The molecular weight excluding hydrogens is 302 g/mol. The van der Waals surface area contributed by atoms with E-state index in [0.29, 0.717) is 12.5 Å². The summed E-state index contributed by atoms with van der Waals surface area (Å²) in [4.78, 5) is 6.90. The van der Waals surface area contributed by atoms with Gasteiger partial charge in [0.05, 0.1) is 12.1 Å². The number of aryl methyl sites for hydroxylation is 2. The molecule has 0 bridgehead atoms. The molecule has 128 valence electrons. The molecule has 5 heteroatoms. The maximum Gasteiger partial charge on any atom is 0.229 e. The highest BCUT2D eigenvalue weighted by Gasteiger charge is 2.34. The Morgan fingerprint density at radius 1 is 1.25 bits per heavy atom. The lowest BCUT2D eigenvalue weighted by molar-refractivity contribution is 0.103. The molecular formula is C19H25N3O2. The number of rotatable bonds is 5. The summed E-state index contributed by atoms with van der Waals surface area (Å²) in [5.74, 6) is 2.08. The molecule has 2 fully saturated rings.